The molecule has 3 rings (SSSR count). The lowest BCUT2D eigenvalue weighted by Gasteiger charge is -2.30. The van der Waals surface area contributed by atoms with E-state index in [1.807, 2.05) is 0 Å². The van der Waals surface area contributed by atoms with E-state index in [1.165, 1.54) is 16.8 Å². The van der Waals surface area contributed by atoms with Gasteiger partial charge in [-0.25, -0.2) is 14.5 Å². The summed E-state index contributed by atoms with van der Waals surface area (Å²) in [6.07, 6.45) is -1.92. The van der Waals surface area contributed by atoms with Crippen LogP contribution in [-0.4, -0.2) is 20.7 Å². The van der Waals surface area contributed by atoms with Crippen molar-refractivity contribution in [2.45, 2.75) is 44.7 Å². The van der Waals surface area contributed by atoms with Gasteiger partial charge in [-0.15, -0.1) is 0 Å². The van der Waals surface area contributed by atoms with Crippen molar-refractivity contribution in [3.63, 3.8) is 0 Å². The predicted molar refractivity (Wildman–Crippen MR) is 86.0 cm³/mol. The van der Waals surface area contributed by atoms with E-state index in [2.05, 4.69) is 9.97 Å². The van der Waals surface area contributed by atoms with Crippen molar-refractivity contribution in [2.75, 3.05) is 0 Å². The first-order valence-electron chi connectivity index (χ1n) is 7.54. The predicted octanol–water partition coefficient (Wildman–Crippen LogP) is 4.49. The number of rotatable bonds is 2. The zero-order valence-corrected chi connectivity index (χ0v) is 14.4. The minimum atomic E-state index is -4.16. The number of aryl methyl sites for hydroxylation is 1. The van der Waals surface area contributed by atoms with Crippen molar-refractivity contribution in [3.8, 4) is 5.13 Å². The van der Waals surface area contributed by atoms with Crippen LogP contribution in [0.2, 0.25) is 4.34 Å². The normalized spacial score (nSPS) is 21.9. The second-order valence-electron chi connectivity index (χ2n) is 5.97. The van der Waals surface area contributed by atoms with E-state index < -0.39 is 12.1 Å². The first kappa shape index (κ1) is 17.4. The Balaban J connectivity index is 1.95. The first-order chi connectivity index (χ1) is 11.3. The summed E-state index contributed by atoms with van der Waals surface area (Å²) in [5, 5.41) is 0.394. The molecule has 0 unspecified atom stereocenters. The number of hydrogen-bond acceptors (Lipinski definition) is 4. The van der Waals surface area contributed by atoms with Crippen molar-refractivity contribution >= 4 is 22.9 Å². The molecular formula is C15H15ClF3N3OS. The number of hydrogen-bond donors (Lipinski definition) is 0. The number of halogens is 4. The van der Waals surface area contributed by atoms with Crippen LogP contribution in [0.25, 0.3) is 5.13 Å². The van der Waals surface area contributed by atoms with Crippen molar-refractivity contribution in [3.05, 3.63) is 38.5 Å². The number of nitrogens with zero attached hydrogens (tertiary/aromatic N) is 3. The van der Waals surface area contributed by atoms with E-state index in [0.29, 0.717) is 33.8 Å². The van der Waals surface area contributed by atoms with Crippen molar-refractivity contribution < 1.29 is 13.2 Å². The Kier molecular flexibility index (Phi) is 4.70. The van der Waals surface area contributed by atoms with Gasteiger partial charge in [0.2, 0.25) is 0 Å². The van der Waals surface area contributed by atoms with Crippen LogP contribution in [-0.2, 0) is 0 Å². The van der Waals surface area contributed by atoms with E-state index in [0.717, 1.165) is 11.3 Å². The third-order valence-electron chi connectivity index (χ3n) is 4.28. The van der Waals surface area contributed by atoms with Crippen LogP contribution in [0, 0.1) is 12.8 Å². The Labute approximate surface area is 145 Å². The summed E-state index contributed by atoms with van der Waals surface area (Å²) in [6.45, 7) is 1.70. The zero-order chi connectivity index (χ0) is 17.5. The molecule has 2 aromatic rings. The Morgan fingerprint density at radius 3 is 2.50 bits per heavy atom. The van der Waals surface area contributed by atoms with Gasteiger partial charge in [-0.1, -0.05) is 22.9 Å². The van der Waals surface area contributed by atoms with E-state index in [4.69, 9.17) is 11.6 Å². The highest BCUT2D eigenvalue weighted by Gasteiger charge is 2.42. The van der Waals surface area contributed by atoms with Gasteiger partial charge in [0.25, 0.3) is 5.56 Å². The summed E-state index contributed by atoms with van der Waals surface area (Å²) in [7, 11) is 0. The third kappa shape index (κ3) is 3.49. The van der Waals surface area contributed by atoms with Gasteiger partial charge in [-0.2, -0.15) is 13.2 Å². The highest BCUT2D eigenvalue weighted by Crippen LogP contribution is 2.42. The number of alkyl halides is 3. The summed E-state index contributed by atoms with van der Waals surface area (Å²) in [5.41, 5.74) is 0.258. The number of thiazole rings is 1. The Morgan fingerprint density at radius 1 is 1.29 bits per heavy atom. The van der Waals surface area contributed by atoms with Crippen LogP contribution in [0.3, 0.4) is 0 Å². The molecule has 0 aliphatic heterocycles. The molecule has 0 atom stereocenters. The molecular weight excluding hydrogens is 363 g/mol. The fourth-order valence-electron chi connectivity index (χ4n) is 3.11. The maximum Gasteiger partial charge on any atom is 0.391 e. The van der Waals surface area contributed by atoms with Gasteiger partial charge in [0, 0.05) is 17.7 Å². The zero-order valence-electron chi connectivity index (χ0n) is 12.8. The summed E-state index contributed by atoms with van der Waals surface area (Å²) < 4.78 is 40.4. The van der Waals surface area contributed by atoms with Crippen molar-refractivity contribution in [2.24, 2.45) is 5.92 Å². The molecule has 0 radical (unpaired) electrons. The topological polar surface area (TPSA) is 47.8 Å². The van der Waals surface area contributed by atoms with Crippen LogP contribution < -0.4 is 5.56 Å². The van der Waals surface area contributed by atoms with Gasteiger partial charge in [-0.05, 0) is 32.6 Å². The van der Waals surface area contributed by atoms with E-state index in [1.54, 1.807) is 6.92 Å². The molecule has 0 spiro atoms. The molecule has 0 amide bonds. The minimum Gasteiger partial charge on any atom is -0.269 e. The maximum absolute atomic E-state index is 12.9. The minimum absolute atomic E-state index is 0.0522. The second-order valence-corrected chi connectivity index (χ2v) is 7.61. The van der Waals surface area contributed by atoms with Gasteiger partial charge in [0.05, 0.1) is 12.1 Å². The molecule has 24 heavy (non-hydrogen) atoms. The van der Waals surface area contributed by atoms with Gasteiger partial charge >= 0.3 is 6.18 Å². The SMILES string of the molecule is Cc1cc(=O)n(-c2ncc(Cl)s2)c(C2CCC(C(F)(F)F)CC2)n1. The first-order valence-corrected chi connectivity index (χ1v) is 8.74. The lowest BCUT2D eigenvalue weighted by atomic mass is 9.81. The van der Waals surface area contributed by atoms with E-state index in [9.17, 15) is 18.0 Å². The van der Waals surface area contributed by atoms with Gasteiger partial charge < -0.3 is 0 Å². The highest BCUT2D eigenvalue weighted by molar-refractivity contribution is 7.18. The van der Waals surface area contributed by atoms with Crippen LogP contribution in [0.15, 0.2) is 17.1 Å². The van der Waals surface area contributed by atoms with Crippen LogP contribution >= 0.6 is 22.9 Å². The average Bonchev–Trinajstić information content (AvgIpc) is 2.92. The summed E-state index contributed by atoms with van der Waals surface area (Å²) in [6, 6.07) is 1.39. The van der Waals surface area contributed by atoms with Crippen LogP contribution in [0.1, 0.15) is 43.1 Å². The third-order valence-corrected chi connectivity index (χ3v) is 5.38. The monoisotopic (exact) mass is 377 g/mol. The fraction of sp³-hybridized carbons (Fsp3) is 0.533. The molecule has 1 saturated carbocycles. The van der Waals surface area contributed by atoms with Gasteiger partial charge in [0.15, 0.2) is 5.13 Å². The fourth-order valence-corrected chi connectivity index (χ4v) is 4.03. The highest BCUT2D eigenvalue weighted by atomic mass is 35.5. The molecule has 0 aromatic carbocycles. The molecule has 1 aliphatic rings. The largest absolute Gasteiger partial charge is 0.391 e. The lowest BCUT2D eigenvalue weighted by molar-refractivity contribution is -0.182. The molecule has 0 saturated heterocycles. The molecule has 9 heteroatoms. The summed E-state index contributed by atoms with van der Waals surface area (Å²) >= 11 is 7.04. The van der Waals surface area contributed by atoms with Crippen LogP contribution in [0.5, 0.6) is 0 Å². The quantitative estimate of drug-likeness (QED) is 0.774. The molecule has 4 nitrogen and oxygen atoms in total. The Hall–Kier alpha value is -1.41. The molecule has 2 aromatic heterocycles. The summed E-state index contributed by atoms with van der Waals surface area (Å²) in [5.74, 6) is -0.987. The molecule has 1 aliphatic carbocycles. The lowest BCUT2D eigenvalue weighted by Crippen LogP contribution is -2.30. The molecule has 130 valence electrons. The summed E-state index contributed by atoms with van der Waals surface area (Å²) in [4.78, 5) is 21.0. The molecule has 0 N–H and O–H groups in total. The smallest absolute Gasteiger partial charge is 0.269 e. The maximum atomic E-state index is 12.9. The van der Waals surface area contributed by atoms with E-state index >= 15 is 0 Å². The van der Waals surface area contributed by atoms with Crippen molar-refractivity contribution in [1.82, 2.24) is 14.5 Å². The Bertz CT molecular complexity index is 794. The van der Waals surface area contributed by atoms with E-state index in [-0.39, 0.29) is 24.3 Å². The number of aromatic nitrogens is 3. The molecule has 1 fully saturated rings. The Morgan fingerprint density at radius 2 is 1.96 bits per heavy atom. The van der Waals surface area contributed by atoms with Gasteiger partial charge in [0.1, 0.15) is 10.2 Å². The standard InChI is InChI=1S/C15H15ClF3N3OS/c1-8-6-12(23)22(14-20-7-11(16)24-14)13(21-8)9-2-4-10(5-3-9)15(17,18)19/h6-7,9-10H,2-5H2,1H3. The second kappa shape index (κ2) is 6.48. The van der Waals surface area contributed by atoms with Crippen LogP contribution in [0.4, 0.5) is 13.2 Å². The van der Waals surface area contributed by atoms with Crippen molar-refractivity contribution in [1.29, 1.82) is 0 Å². The molecule has 0 bridgehead atoms. The molecule has 2 heterocycles. The van der Waals surface area contributed by atoms with Gasteiger partial charge in [-0.3, -0.25) is 4.79 Å². The average molecular weight is 378 g/mol.